The molecule has 2 amide bonds. The van der Waals surface area contributed by atoms with Crippen LogP contribution in [-0.4, -0.2) is 34.7 Å². The van der Waals surface area contributed by atoms with E-state index in [-0.39, 0.29) is 12.1 Å². The summed E-state index contributed by atoms with van der Waals surface area (Å²) >= 11 is 6.14. The van der Waals surface area contributed by atoms with Gasteiger partial charge in [0.15, 0.2) is 0 Å². The number of aromatic nitrogens is 2. The number of carbonyl (C=O) groups is 1. The number of hydrogen-bond acceptors (Lipinski definition) is 5. The van der Waals surface area contributed by atoms with Gasteiger partial charge in [-0.05, 0) is 49.2 Å². The third-order valence-corrected chi connectivity index (χ3v) is 5.03. The predicted octanol–water partition coefficient (Wildman–Crippen LogP) is 4.77. The van der Waals surface area contributed by atoms with Gasteiger partial charge >= 0.3 is 6.03 Å². The number of nitrogens with one attached hydrogen (secondary N) is 1. The van der Waals surface area contributed by atoms with E-state index < -0.39 is 0 Å². The minimum absolute atomic E-state index is 0.236. The third kappa shape index (κ3) is 3.66. The Kier molecular flexibility index (Phi) is 5.16. The Morgan fingerprint density at radius 3 is 2.79 bits per heavy atom. The van der Waals surface area contributed by atoms with Crippen LogP contribution in [0.1, 0.15) is 24.8 Å². The quantitative estimate of drug-likeness (QED) is 0.684. The molecule has 0 spiro atoms. The molecule has 1 saturated heterocycles. The highest BCUT2D eigenvalue weighted by molar-refractivity contribution is 6.33. The van der Waals surface area contributed by atoms with Crippen molar-refractivity contribution in [2.45, 2.75) is 18.9 Å². The van der Waals surface area contributed by atoms with Crippen molar-refractivity contribution in [2.24, 2.45) is 0 Å². The largest absolute Gasteiger partial charge is 0.497 e. The van der Waals surface area contributed by atoms with Gasteiger partial charge in [0.2, 0.25) is 11.7 Å². The SMILES string of the molecule is COc1ccc(-c2noc([C@H]3CCCN3C(=O)Nc3ccccc3Cl)n2)cc1. The van der Waals surface area contributed by atoms with E-state index >= 15 is 0 Å². The summed E-state index contributed by atoms with van der Waals surface area (Å²) in [4.78, 5) is 19.0. The maximum atomic E-state index is 12.8. The van der Waals surface area contributed by atoms with E-state index in [9.17, 15) is 4.79 Å². The molecule has 28 heavy (non-hydrogen) atoms. The molecule has 0 saturated carbocycles. The minimum Gasteiger partial charge on any atom is -0.497 e. The van der Waals surface area contributed by atoms with E-state index in [4.69, 9.17) is 20.9 Å². The molecule has 1 aliphatic rings. The summed E-state index contributed by atoms with van der Waals surface area (Å²) in [5.74, 6) is 1.67. The molecule has 1 N–H and O–H groups in total. The number of rotatable bonds is 4. The topological polar surface area (TPSA) is 80.5 Å². The molecule has 1 fully saturated rings. The van der Waals surface area contributed by atoms with Gasteiger partial charge in [-0.25, -0.2) is 4.79 Å². The molecule has 7 nitrogen and oxygen atoms in total. The number of likely N-dealkylation sites (tertiary alicyclic amines) is 1. The first-order chi connectivity index (χ1) is 13.7. The molecule has 4 rings (SSSR count). The Morgan fingerprint density at radius 2 is 2.04 bits per heavy atom. The molecule has 3 aromatic rings. The average molecular weight is 399 g/mol. The lowest BCUT2D eigenvalue weighted by Crippen LogP contribution is -2.34. The lowest BCUT2D eigenvalue weighted by molar-refractivity contribution is 0.193. The molecule has 0 radical (unpaired) electrons. The Bertz CT molecular complexity index is 974. The third-order valence-electron chi connectivity index (χ3n) is 4.70. The van der Waals surface area contributed by atoms with Gasteiger partial charge in [-0.1, -0.05) is 28.9 Å². The molecule has 144 valence electrons. The number of halogens is 1. The fraction of sp³-hybridized carbons (Fsp3) is 0.250. The highest BCUT2D eigenvalue weighted by atomic mass is 35.5. The van der Waals surface area contributed by atoms with Crippen LogP contribution in [0.3, 0.4) is 0 Å². The molecule has 1 aromatic heterocycles. The number of amides is 2. The lowest BCUT2D eigenvalue weighted by atomic mass is 10.2. The van der Waals surface area contributed by atoms with Gasteiger partial charge in [-0.2, -0.15) is 4.98 Å². The molecule has 0 bridgehead atoms. The molecule has 1 aliphatic heterocycles. The van der Waals surface area contributed by atoms with Crippen LogP contribution < -0.4 is 10.1 Å². The second-order valence-corrected chi connectivity index (χ2v) is 6.85. The lowest BCUT2D eigenvalue weighted by Gasteiger charge is -2.22. The van der Waals surface area contributed by atoms with Crippen LogP contribution in [0.2, 0.25) is 5.02 Å². The first kappa shape index (κ1) is 18.3. The molecular formula is C20H19ClN4O3. The Hall–Kier alpha value is -3.06. The molecule has 0 unspecified atom stereocenters. The second-order valence-electron chi connectivity index (χ2n) is 6.45. The van der Waals surface area contributed by atoms with Crippen molar-refractivity contribution in [3.05, 3.63) is 59.4 Å². The van der Waals surface area contributed by atoms with Gasteiger partial charge in [0, 0.05) is 12.1 Å². The summed E-state index contributed by atoms with van der Waals surface area (Å²) in [5, 5.41) is 7.42. The number of urea groups is 1. The molecule has 2 heterocycles. The van der Waals surface area contributed by atoms with Crippen molar-refractivity contribution in [3.63, 3.8) is 0 Å². The number of ether oxygens (including phenoxy) is 1. The number of methoxy groups -OCH3 is 1. The summed E-state index contributed by atoms with van der Waals surface area (Å²) in [5.41, 5.74) is 1.39. The Balaban J connectivity index is 1.51. The van der Waals surface area contributed by atoms with Gasteiger partial charge in [0.1, 0.15) is 11.8 Å². The number of benzene rings is 2. The molecule has 0 aliphatic carbocycles. The average Bonchev–Trinajstić information content (AvgIpc) is 3.39. The maximum absolute atomic E-state index is 12.8. The van der Waals surface area contributed by atoms with Crippen molar-refractivity contribution in [2.75, 3.05) is 19.0 Å². The zero-order valence-electron chi connectivity index (χ0n) is 15.3. The van der Waals surface area contributed by atoms with E-state index in [1.807, 2.05) is 36.4 Å². The van der Waals surface area contributed by atoms with E-state index in [0.717, 1.165) is 24.2 Å². The van der Waals surface area contributed by atoms with Crippen LogP contribution in [0.4, 0.5) is 10.5 Å². The number of carbonyl (C=O) groups excluding carboxylic acids is 1. The number of nitrogens with zero attached hydrogens (tertiary/aromatic N) is 3. The van der Waals surface area contributed by atoms with Gasteiger partial charge in [-0.15, -0.1) is 0 Å². The Morgan fingerprint density at radius 1 is 1.25 bits per heavy atom. The van der Waals surface area contributed by atoms with Crippen LogP contribution >= 0.6 is 11.6 Å². The van der Waals surface area contributed by atoms with Crippen molar-refractivity contribution in [1.29, 1.82) is 0 Å². The number of para-hydroxylation sites is 1. The van der Waals surface area contributed by atoms with Gasteiger partial charge in [-0.3, -0.25) is 0 Å². The number of anilines is 1. The minimum atomic E-state index is -0.262. The summed E-state index contributed by atoms with van der Waals surface area (Å²) in [6, 6.07) is 14.0. The smallest absolute Gasteiger partial charge is 0.322 e. The van der Waals surface area contributed by atoms with Crippen LogP contribution in [0.15, 0.2) is 53.1 Å². The molecule has 1 atom stereocenters. The first-order valence-electron chi connectivity index (χ1n) is 8.96. The second kappa shape index (κ2) is 7.90. The molecular weight excluding hydrogens is 380 g/mol. The molecule has 8 heteroatoms. The van der Waals surface area contributed by atoms with E-state index in [1.54, 1.807) is 24.1 Å². The van der Waals surface area contributed by atoms with Gasteiger partial charge < -0.3 is 19.5 Å². The molecule has 2 aromatic carbocycles. The maximum Gasteiger partial charge on any atom is 0.322 e. The first-order valence-corrected chi connectivity index (χ1v) is 9.33. The highest BCUT2D eigenvalue weighted by Gasteiger charge is 2.34. The summed E-state index contributed by atoms with van der Waals surface area (Å²) in [6.45, 7) is 0.612. The van der Waals surface area contributed by atoms with Crippen molar-refractivity contribution < 1.29 is 14.1 Å². The zero-order valence-corrected chi connectivity index (χ0v) is 16.0. The fourth-order valence-corrected chi connectivity index (χ4v) is 3.43. The van der Waals surface area contributed by atoms with Crippen molar-refractivity contribution >= 4 is 23.3 Å². The summed E-state index contributed by atoms with van der Waals surface area (Å²) in [7, 11) is 1.61. The summed E-state index contributed by atoms with van der Waals surface area (Å²) < 4.78 is 10.6. The standard InChI is InChI=1S/C20H19ClN4O3/c1-27-14-10-8-13(9-11-14)18-23-19(28-24-18)17-7-4-12-25(17)20(26)22-16-6-3-2-5-15(16)21/h2-3,5-6,8-11,17H,4,7,12H2,1H3,(H,22,26)/t17-/m1/s1. The van der Waals surface area contributed by atoms with Crippen LogP contribution in [-0.2, 0) is 0 Å². The van der Waals surface area contributed by atoms with Crippen LogP contribution in [0, 0.1) is 0 Å². The zero-order chi connectivity index (χ0) is 19.5. The van der Waals surface area contributed by atoms with E-state index in [0.29, 0.717) is 29.0 Å². The monoisotopic (exact) mass is 398 g/mol. The van der Waals surface area contributed by atoms with Crippen molar-refractivity contribution in [3.8, 4) is 17.1 Å². The highest BCUT2D eigenvalue weighted by Crippen LogP contribution is 2.33. The van der Waals surface area contributed by atoms with Crippen LogP contribution in [0.25, 0.3) is 11.4 Å². The van der Waals surface area contributed by atoms with Gasteiger partial charge in [0.25, 0.3) is 0 Å². The van der Waals surface area contributed by atoms with E-state index in [2.05, 4.69) is 15.5 Å². The Labute approximate surface area is 167 Å². The van der Waals surface area contributed by atoms with Crippen molar-refractivity contribution in [1.82, 2.24) is 15.0 Å². The number of hydrogen-bond donors (Lipinski definition) is 1. The normalized spacial score (nSPS) is 16.2. The van der Waals surface area contributed by atoms with Crippen LogP contribution in [0.5, 0.6) is 5.75 Å². The fourth-order valence-electron chi connectivity index (χ4n) is 3.24. The van der Waals surface area contributed by atoms with E-state index in [1.165, 1.54) is 0 Å². The predicted molar refractivity (Wildman–Crippen MR) is 105 cm³/mol. The van der Waals surface area contributed by atoms with Gasteiger partial charge in [0.05, 0.1) is 17.8 Å². The summed E-state index contributed by atoms with van der Waals surface area (Å²) in [6.07, 6.45) is 1.63.